The van der Waals surface area contributed by atoms with Crippen LogP contribution in [-0.2, 0) is 11.3 Å². The molecule has 0 aliphatic carbocycles. The van der Waals surface area contributed by atoms with E-state index in [4.69, 9.17) is 4.74 Å². The van der Waals surface area contributed by atoms with Crippen LogP contribution in [0.2, 0.25) is 0 Å². The van der Waals surface area contributed by atoms with Gasteiger partial charge in [0.05, 0.1) is 24.1 Å². The third kappa shape index (κ3) is 3.94. The van der Waals surface area contributed by atoms with Crippen LogP contribution in [0.5, 0.6) is 0 Å². The van der Waals surface area contributed by atoms with Crippen LogP contribution in [0.1, 0.15) is 5.69 Å². The van der Waals surface area contributed by atoms with Crippen LogP contribution in [0, 0.1) is 0 Å². The second-order valence-corrected chi connectivity index (χ2v) is 6.08. The maximum Gasteiger partial charge on any atom is 0.0829 e. The Kier molecular flexibility index (Phi) is 4.87. The Labute approximate surface area is 132 Å². The molecule has 22 heavy (non-hydrogen) atoms. The van der Waals surface area contributed by atoms with Gasteiger partial charge in [-0.15, -0.1) is 0 Å². The van der Waals surface area contributed by atoms with E-state index in [1.54, 1.807) is 0 Å². The summed E-state index contributed by atoms with van der Waals surface area (Å²) in [6, 6.07) is 12.3. The van der Waals surface area contributed by atoms with E-state index in [-0.39, 0.29) is 0 Å². The standard InChI is InChI=1S/C17H24N4O/c1-19(2)13-17-14-20(10-11-22-17)12-15-8-9-21(18-15)16-6-4-3-5-7-16/h3-9,17H,10-14H2,1-2H3/t17-/m1/s1. The van der Waals surface area contributed by atoms with Gasteiger partial charge in [-0.3, -0.25) is 4.90 Å². The number of likely N-dealkylation sites (N-methyl/N-ethyl adjacent to an activating group) is 1. The van der Waals surface area contributed by atoms with E-state index in [0.717, 1.165) is 44.2 Å². The maximum absolute atomic E-state index is 5.82. The predicted octanol–water partition coefficient (Wildman–Crippen LogP) is 1.63. The molecule has 0 amide bonds. The van der Waals surface area contributed by atoms with Crippen LogP contribution < -0.4 is 0 Å². The van der Waals surface area contributed by atoms with Crippen molar-refractivity contribution in [3.05, 3.63) is 48.3 Å². The molecule has 3 rings (SSSR count). The monoisotopic (exact) mass is 300 g/mol. The van der Waals surface area contributed by atoms with Crippen molar-refractivity contribution in [2.75, 3.05) is 40.3 Å². The summed E-state index contributed by atoms with van der Waals surface area (Å²) in [6.07, 6.45) is 2.32. The van der Waals surface area contributed by atoms with E-state index in [1.807, 2.05) is 29.1 Å². The fourth-order valence-electron chi connectivity index (χ4n) is 2.84. The van der Waals surface area contributed by atoms with E-state index < -0.39 is 0 Å². The SMILES string of the molecule is CN(C)C[C@@H]1CN(Cc2ccn(-c3ccccc3)n2)CCO1. The van der Waals surface area contributed by atoms with Gasteiger partial charge in [-0.05, 0) is 32.3 Å². The highest BCUT2D eigenvalue weighted by Gasteiger charge is 2.21. The summed E-state index contributed by atoms with van der Waals surface area (Å²) in [7, 11) is 4.17. The fraction of sp³-hybridized carbons (Fsp3) is 0.471. The molecule has 1 saturated heterocycles. The highest BCUT2D eigenvalue weighted by molar-refractivity contribution is 5.30. The highest BCUT2D eigenvalue weighted by atomic mass is 16.5. The van der Waals surface area contributed by atoms with Gasteiger partial charge in [0, 0.05) is 32.4 Å². The summed E-state index contributed by atoms with van der Waals surface area (Å²) >= 11 is 0. The van der Waals surface area contributed by atoms with Crippen molar-refractivity contribution in [1.82, 2.24) is 19.6 Å². The van der Waals surface area contributed by atoms with Gasteiger partial charge in [0.15, 0.2) is 0 Å². The number of para-hydroxylation sites is 1. The van der Waals surface area contributed by atoms with Gasteiger partial charge in [-0.25, -0.2) is 4.68 Å². The largest absolute Gasteiger partial charge is 0.374 e. The molecule has 0 unspecified atom stereocenters. The third-order valence-corrected chi connectivity index (χ3v) is 3.84. The number of rotatable bonds is 5. The van der Waals surface area contributed by atoms with Gasteiger partial charge >= 0.3 is 0 Å². The van der Waals surface area contributed by atoms with Crippen LogP contribution in [0.4, 0.5) is 0 Å². The Morgan fingerprint density at radius 2 is 2.05 bits per heavy atom. The molecule has 2 aromatic rings. The number of benzene rings is 1. The van der Waals surface area contributed by atoms with Gasteiger partial charge in [-0.1, -0.05) is 18.2 Å². The molecule has 0 radical (unpaired) electrons. The second kappa shape index (κ2) is 7.05. The molecule has 0 spiro atoms. The molecule has 118 valence electrons. The zero-order chi connectivity index (χ0) is 15.4. The molecule has 1 fully saturated rings. The van der Waals surface area contributed by atoms with Gasteiger partial charge in [0.1, 0.15) is 0 Å². The Hall–Kier alpha value is -1.69. The topological polar surface area (TPSA) is 33.5 Å². The number of nitrogens with zero attached hydrogens (tertiary/aromatic N) is 4. The van der Waals surface area contributed by atoms with E-state index in [9.17, 15) is 0 Å². The normalized spacial score (nSPS) is 19.7. The lowest BCUT2D eigenvalue weighted by atomic mass is 10.2. The molecule has 1 aromatic carbocycles. The summed E-state index contributed by atoms with van der Waals surface area (Å²) in [5, 5.41) is 4.68. The van der Waals surface area contributed by atoms with Gasteiger partial charge in [-0.2, -0.15) is 5.10 Å². The van der Waals surface area contributed by atoms with Crippen LogP contribution in [0.15, 0.2) is 42.6 Å². The average molecular weight is 300 g/mol. The first-order valence-electron chi connectivity index (χ1n) is 7.79. The van der Waals surface area contributed by atoms with E-state index in [0.29, 0.717) is 6.10 Å². The summed E-state index contributed by atoms with van der Waals surface area (Å²) < 4.78 is 7.76. The highest BCUT2D eigenvalue weighted by Crippen LogP contribution is 2.12. The molecule has 2 heterocycles. The minimum atomic E-state index is 0.292. The van der Waals surface area contributed by atoms with Gasteiger partial charge in [0.2, 0.25) is 0 Å². The molecule has 5 heteroatoms. The quantitative estimate of drug-likeness (QED) is 0.840. The lowest BCUT2D eigenvalue weighted by Crippen LogP contribution is -2.46. The smallest absolute Gasteiger partial charge is 0.0829 e. The van der Waals surface area contributed by atoms with Crippen molar-refractivity contribution < 1.29 is 4.74 Å². The first-order chi connectivity index (χ1) is 10.7. The molecule has 0 N–H and O–H groups in total. The molecule has 0 saturated carbocycles. The van der Waals surface area contributed by atoms with Crippen molar-refractivity contribution >= 4 is 0 Å². The summed E-state index contributed by atoms with van der Waals surface area (Å²) in [5.41, 5.74) is 2.20. The van der Waals surface area contributed by atoms with Crippen LogP contribution in [0.3, 0.4) is 0 Å². The Morgan fingerprint density at radius 3 is 2.82 bits per heavy atom. The van der Waals surface area contributed by atoms with Crippen LogP contribution in [0.25, 0.3) is 5.69 Å². The average Bonchev–Trinajstić information content (AvgIpc) is 2.96. The summed E-state index contributed by atoms with van der Waals surface area (Å²) in [6.45, 7) is 4.60. The number of hydrogen-bond donors (Lipinski definition) is 0. The van der Waals surface area contributed by atoms with E-state index >= 15 is 0 Å². The Morgan fingerprint density at radius 1 is 1.23 bits per heavy atom. The second-order valence-electron chi connectivity index (χ2n) is 6.08. The Bertz CT molecular complexity index is 581. The van der Waals surface area contributed by atoms with E-state index in [2.05, 4.69) is 47.2 Å². The molecular formula is C17H24N4O. The van der Waals surface area contributed by atoms with Crippen molar-refractivity contribution in [2.45, 2.75) is 12.6 Å². The van der Waals surface area contributed by atoms with Crippen LogP contribution >= 0.6 is 0 Å². The number of morpholine rings is 1. The maximum atomic E-state index is 5.82. The van der Waals surface area contributed by atoms with Crippen molar-refractivity contribution in [3.63, 3.8) is 0 Å². The molecule has 1 atom stereocenters. The van der Waals surface area contributed by atoms with Gasteiger partial charge in [0.25, 0.3) is 0 Å². The van der Waals surface area contributed by atoms with E-state index in [1.165, 1.54) is 0 Å². The minimum absolute atomic E-state index is 0.292. The van der Waals surface area contributed by atoms with Crippen molar-refractivity contribution in [1.29, 1.82) is 0 Å². The van der Waals surface area contributed by atoms with Crippen molar-refractivity contribution in [2.24, 2.45) is 0 Å². The predicted molar refractivity (Wildman–Crippen MR) is 87.1 cm³/mol. The Balaban J connectivity index is 1.60. The first-order valence-corrected chi connectivity index (χ1v) is 7.79. The minimum Gasteiger partial charge on any atom is -0.374 e. The molecule has 1 aliphatic rings. The third-order valence-electron chi connectivity index (χ3n) is 3.84. The first kappa shape index (κ1) is 15.2. The van der Waals surface area contributed by atoms with Gasteiger partial charge < -0.3 is 9.64 Å². The number of hydrogen-bond acceptors (Lipinski definition) is 4. The zero-order valence-corrected chi connectivity index (χ0v) is 13.4. The van der Waals surface area contributed by atoms with Crippen LogP contribution in [-0.4, -0.2) is 66.0 Å². The lowest BCUT2D eigenvalue weighted by molar-refractivity contribution is -0.0410. The molecule has 5 nitrogen and oxygen atoms in total. The lowest BCUT2D eigenvalue weighted by Gasteiger charge is -2.33. The summed E-state index contributed by atoms with van der Waals surface area (Å²) in [5.74, 6) is 0. The molecule has 1 aromatic heterocycles. The van der Waals surface area contributed by atoms with Crippen molar-refractivity contribution in [3.8, 4) is 5.69 Å². The fourth-order valence-corrected chi connectivity index (χ4v) is 2.84. The number of aromatic nitrogens is 2. The summed E-state index contributed by atoms with van der Waals surface area (Å²) in [4.78, 5) is 4.60. The molecule has 0 bridgehead atoms. The molecule has 1 aliphatic heterocycles. The number of ether oxygens (including phenoxy) is 1. The molecular weight excluding hydrogens is 276 g/mol. The zero-order valence-electron chi connectivity index (χ0n) is 13.4.